The van der Waals surface area contributed by atoms with E-state index in [0.29, 0.717) is 31.0 Å². The third-order valence-electron chi connectivity index (χ3n) is 5.78. The number of likely N-dealkylation sites (tertiary alicyclic amines) is 1. The van der Waals surface area contributed by atoms with Gasteiger partial charge in [0.2, 0.25) is 5.91 Å². The average molecular weight is 445 g/mol. The lowest BCUT2D eigenvalue weighted by Gasteiger charge is -2.15. The fourth-order valence-electron chi connectivity index (χ4n) is 4.04. The SMILES string of the molecule is Cl.Cl.N[C@@H]1CCC[C@H]1CC(=O)NCc1ccc(C(=O)NCCN2CCCC2)cc1. The van der Waals surface area contributed by atoms with Crippen molar-refractivity contribution in [1.29, 1.82) is 0 Å². The molecule has 29 heavy (non-hydrogen) atoms. The Balaban J connectivity index is 0.00000210. The van der Waals surface area contributed by atoms with Crippen LogP contribution in [0.1, 0.15) is 54.4 Å². The molecule has 1 aliphatic carbocycles. The van der Waals surface area contributed by atoms with Crippen LogP contribution < -0.4 is 16.4 Å². The molecule has 2 aliphatic rings. The second-order valence-electron chi connectivity index (χ2n) is 7.84. The summed E-state index contributed by atoms with van der Waals surface area (Å²) in [4.78, 5) is 26.7. The summed E-state index contributed by atoms with van der Waals surface area (Å²) in [6, 6.07) is 7.60. The Morgan fingerprint density at radius 2 is 1.69 bits per heavy atom. The van der Waals surface area contributed by atoms with Crippen LogP contribution in [0.4, 0.5) is 0 Å². The minimum Gasteiger partial charge on any atom is -0.352 e. The number of hydrogen-bond acceptors (Lipinski definition) is 4. The van der Waals surface area contributed by atoms with Gasteiger partial charge in [0.1, 0.15) is 0 Å². The van der Waals surface area contributed by atoms with E-state index in [1.54, 1.807) is 0 Å². The summed E-state index contributed by atoms with van der Waals surface area (Å²) in [7, 11) is 0. The number of carbonyl (C=O) groups excluding carboxylic acids is 2. The molecule has 0 radical (unpaired) electrons. The number of rotatable bonds is 8. The predicted octanol–water partition coefficient (Wildman–Crippen LogP) is 2.49. The third-order valence-corrected chi connectivity index (χ3v) is 5.78. The summed E-state index contributed by atoms with van der Waals surface area (Å²) in [6.45, 7) is 4.37. The number of hydrogen-bond donors (Lipinski definition) is 3. The first-order valence-electron chi connectivity index (χ1n) is 10.2. The maximum Gasteiger partial charge on any atom is 0.251 e. The minimum absolute atomic E-state index is 0. The van der Waals surface area contributed by atoms with Crippen molar-refractivity contribution in [3.05, 3.63) is 35.4 Å². The zero-order valence-corrected chi connectivity index (χ0v) is 18.5. The first kappa shape index (κ1) is 25.7. The quantitative estimate of drug-likeness (QED) is 0.574. The van der Waals surface area contributed by atoms with Gasteiger partial charge in [-0.15, -0.1) is 24.8 Å². The van der Waals surface area contributed by atoms with Gasteiger partial charge < -0.3 is 21.3 Å². The van der Waals surface area contributed by atoms with Crippen LogP contribution in [0.2, 0.25) is 0 Å². The summed E-state index contributed by atoms with van der Waals surface area (Å²) >= 11 is 0. The molecular weight excluding hydrogens is 411 g/mol. The van der Waals surface area contributed by atoms with Crippen molar-refractivity contribution in [3.8, 4) is 0 Å². The Hall–Kier alpha value is -1.34. The van der Waals surface area contributed by atoms with E-state index >= 15 is 0 Å². The summed E-state index contributed by atoms with van der Waals surface area (Å²) in [5, 5.41) is 5.94. The standard InChI is InChI=1S/C21H32N4O2.2ClH/c22-19-5-3-4-18(19)14-20(26)24-15-16-6-8-17(9-7-16)21(27)23-10-13-25-11-1-2-12-25;;/h6-9,18-19H,1-5,10-15,22H2,(H,23,27)(H,24,26);2*1H/t18-,19+;;/m0../s1. The van der Waals surface area contributed by atoms with E-state index < -0.39 is 0 Å². The maximum absolute atomic E-state index is 12.2. The topological polar surface area (TPSA) is 87.5 Å². The molecule has 1 aromatic rings. The molecule has 0 unspecified atom stereocenters. The van der Waals surface area contributed by atoms with Crippen LogP contribution >= 0.6 is 24.8 Å². The maximum atomic E-state index is 12.2. The Morgan fingerprint density at radius 1 is 1.00 bits per heavy atom. The Labute approximate surface area is 186 Å². The molecule has 0 bridgehead atoms. The van der Waals surface area contributed by atoms with Gasteiger partial charge in [0.15, 0.2) is 0 Å². The van der Waals surface area contributed by atoms with Gasteiger partial charge in [-0.3, -0.25) is 9.59 Å². The molecule has 1 aliphatic heterocycles. The largest absolute Gasteiger partial charge is 0.352 e. The number of nitrogens with two attached hydrogens (primary N) is 1. The fraction of sp³-hybridized carbons (Fsp3) is 0.619. The minimum atomic E-state index is -0.0417. The van der Waals surface area contributed by atoms with Crippen LogP contribution in [0.5, 0.6) is 0 Å². The lowest BCUT2D eigenvalue weighted by Crippen LogP contribution is -2.33. The summed E-state index contributed by atoms with van der Waals surface area (Å²) in [6.07, 6.45) is 6.24. The molecule has 2 atom stereocenters. The van der Waals surface area contributed by atoms with Crippen LogP contribution in [-0.4, -0.2) is 48.9 Å². The molecule has 1 saturated heterocycles. The van der Waals surface area contributed by atoms with Gasteiger partial charge in [0, 0.05) is 37.7 Å². The normalized spacial score (nSPS) is 21.1. The number of halogens is 2. The van der Waals surface area contributed by atoms with Gasteiger partial charge in [-0.2, -0.15) is 0 Å². The molecule has 0 aromatic heterocycles. The number of nitrogens with zero attached hydrogens (tertiary/aromatic N) is 1. The molecule has 3 rings (SSSR count). The van der Waals surface area contributed by atoms with Crippen molar-refractivity contribution in [2.45, 2.75) is 51.1 Å². The van der Waals surface area contributed by atoms with Gasteiger partial charge >= 0.3 is 0 Å². The Kier molecular flexibility index (Phi) is 11.6. The smallest absolute Gasteiger partial charge is 0.251 e. The van der Waals surface area contributed by atoms with E-state index in [1.165, 1.54) is 12.8 Å². The van der Waals surface area contributed by atoms with E-state index in [9.17, 15) is 9.59 Å². The number of nitrogens with one attached hydrogen (secondary N) is 2. The first-order valence-corrected chi connectivity index (χ1v) is 10.2. The summed E-state index contributed by atoms with van der Waals surface area (Å²) < 4.78 is 0. The summed E-state index contributed by atoms with van der Waals surface area (Å²) in [5.74, 6) is 0.331. The lowest BCUT2D eigenvalue weighted by molar-refractivity contribution is -0.122. The molecule has 4 N–H and O–H groups in total. The van der Waals surface area contributed by atoms with Crippen molar-refractivity contribution >= 4 is 36.6 Å². The first-order chi connectivity index (χ1) is 13.1. The molecular formula is C21H34Cl2N4O2. The van der Waals surface area contributed by atoms with Crippen LogP contribution in [0.15, 0.2) is 24.3 Å². The van der Waals surface area contributed by atoms with Crippen LogP contribution in [0.25, 0.3) is 0 Å². The van der Waals surface area contributed by atoms with Gasteiger partial charge in [-0.05, 0) is 62.4 Å². The van der Waals surface area contributed by atoms with E-state index in [1.807, 2.05) is 24.3 Å². The number of benzene rings is 1. The van der Waals surface area contributed by atoms with Gasteiger partial charge in [-0.1, -0.05) is 18.6 Å². The van der Waals surface area contributed by atoms with E-state index in [0.717, 1.165) is 44.5 Å². The Morgan fingerprint density at radius 3 is 2.31 bits per heavy atom. The number of carbonyl (C=O) groups is 2. The fourth-order valence-corrected chi connectivity index (χ4v) is 4.04. The van der Waals surface area contributed by atoms with E-state index in [4.69, 9.17) is 5.73 Å². The van der Waals surface area contributed by atoms with E-state index in [-0.39, 0.29) is 42.7 Å². The highest BCUT2D eigenvalue weighted by Crippen LogP contribution is 2.26. The van der Waals surface area contributed by atoms with E-state index in [2.05, 4.69) is 15.5 Å². The molecule has 1 saturated carbocycles. The summed E-state index contributed by atoms with van der Waals surface area (Å²) in [5.41, 5.74) is 7.68. The van der Waals surface area contributed by atoms with Gasteiger partial charge in [0.05, 0.1) is 0 Å². The van der Waals surface area contributed by atoms with Gasteiger partial charge in [0.25, 0.3) is 5.91 Å². The average Bonchev–Trinajstić information content (AvgIpc) is 3.33. The highest BCUT2D eigenvalue weighted by Gasteiger charge is 2.25. The van der Waals surface area contributed by atoms with Crippen LogP contribution in [-0.2, 0) is 11.3 Å². The van der Waals surface area contributed by atoms with Crippen LogP contribution in [0.3, 0.4) is 0 Å². The van der Waals surface area contributed by atoms with Crippen molar-refractivity contribution in [3.63, 3.8) is 0 Å². The molecule has 6 nitrogen and oxygen atoms in total. The highest BCUT2D eigenvalue weighted by atomic mass is 35.5. The van der Waals surface area contributed by atoms with Crippen molar-refractivity contribution in [2.24, 2.45) is 11.7 Å². The molecule has 8 heteroatoms. The Bertz CT molecular complexity index is 636. The molecule has 2 amide bonds. The molecule has 1 aromatic carbocycles. The van der Waals surface area contributed by atoms with Crippen molar-refractivity contribution in [2.75, 3.05) is 26.2 Å². The second-order valence-corrected chi connectivity index (χ2v) is 7.84. The van der Waals surface area contributed by atoms with Gasteiger partial charge in [-0.25, -0.2) is 0 Å². The molecule has 164 valence electrons. The zero-order chi connectivity index (χ0) is 19.1. The molecule has 1 heterocycles. The monoisotopic (exact) mass is 444 g/mol. The molecule has 2 fully saturated rings. The zero-order valence-electron chi connectivity index (χ0n) is 16.9. The lowest BCUT2D eigenvalue weighted by atomic mass is 10.00. The highest BCUT2D eigenvalue weighted by molar-refractivity contribution is 5.94. The second kappa shape index (κ2) is 13.1. The van der Waals surface area contributed by atoms with Crippen molar-refractivity contribution in [1.82, 2.24) is 15.5 Å². The predicted molar refractivity (Wildman–Crippen MR) is 121 cm³/mol. The van der Waals surface area contributed by atoms with Crippen LogP contribution in [0, 0.1) is 5.92 Å². The number of amides is 2. The molecule has 0 spiro atoms. The van der Waals surface area contributed by atoms with Crippen molar-refractivity contribution < 1.29 is 9.59 Å². The third kappa shape index (κ3) is 8.13.